The molecule has 1 aromatic rings. The van der Waals surface area contributed by atoms with Gasteiger partial charge in [-0.05, 0) is 44.7 Å². The zero-order chi connectivity index (χ0) is 22.3. The number of nitrogens with two attached hydrogens (primary N) is 2. The topological polar surface area (TPSA) is 168 Å². The molecule has 0 radical (unpaired) electrons. The Balaban J connectivity index is 1.90. The van der Waals surface area contributed by atoms with Crippen molar-refractivity contribution >= 4 is 27.9 Å². The highest BCUT2D eigenvalue weighted by atomic mass is 32.2. The van der Waals surface area contributed by atoms with Gasteiger partial charge in [-0.15, -0.1) is 0 Å². The molecule has 1 saturated heterocycles. The maximum atomic E-state index is 12.8. The van der Waals surface area contributed by atoms with Gasteiger partial charge in [0.1, 0.15) is 6.04 Å². The van der Waals surface area contributed by atoms with Crippen LogP contribution in [0.3, 0.4) is 0 Å². The molecule has 0 aromatic heterocycles. The number of amides is 1. The highest BCUT2D eigenvalue weighted by molar-refractivity contribution is 7.89. The fourth-order valence-electron chi connectivity index (χ4n) is 3.27. The third kappa shape index (κ3) is 6.42. The number of aliphatic carboxylic acids is 1. The number of aliphatic imine (C=N–C) groups is 1. The highest BCUT2D eigenvalue weighted by Crippen LogP contribution is 2.24. The summed E-state index contributed by atoms with van der Waals surface area (Å²) in [5, 5.41) is 11.9. The van der Waals surface area contributed by atoms with Gasteiger partial charge in [-0.2, -0.15) is 4.31 Å². The average Bonchev–Trinajstić information content (AvgIpc) is 2.70. The Morgan fingerprint density at radius 3 is 2.37 bits per heavy atom. The molecule has 1 amide bonds. The molecular formula is C19H29N5O5S. The van der Waals surface area contributed by atoms with Crippen molar-refractivity contribution in [3.63, 3.8) is 0 Å². The number of piperidine rings is 1. The second kappa shape index (κ2) is 10.4. The van der Waals surface area contributed by atoms with Gasteiger partial charge in [-0.25, -0.2) is 13.2 Å². The second-order valence-corrected chi connectivity index (χ2v) is 9.28. The van der Waals surface area contributed by atoms with Crippen molar-refractivity contribution in [2.24, 2.45) is 22.4 Å². The number of nitrogens with one attached hydrogen (secondary N) is 1. The van der Waals surface area contributed by atoms with Crippen LogP contribution in [0.1, 0.15) is 31.2 Å². The summed E-state index contributed by atoms with van der Waals surface area (Å²) in [7, 11) is -3.61. The molecule has 0 spiro atoms. The van der Waals surface area contributed by atoms with E-state index in [1.807, 2.05) is 6.92 Å². The van der Waals surface area contributed by atoms with Crippen molar-refractivity contribution < 1.29 is 23.1 Å². The van der Waals surface area contributed by atoms with Crippen molar-refractivity contribution in [1.29, 1.82) is 0 Å². The molecule has 166 valence electrons. The van der Waals surface area contributed by atoms with Crippen molar-refractivity contribution in [1.82, 2.24) is 9.62 Å². The van der Waals surface area contributed by atoms with Gasteiger partial charge >= 0.3 is 5.97 Å². The van der Waals surface area contributed by atoms with Gasteiger partial charge < -0.3 is 21.9 Å². The Kier molecular flexibility index (Phi) is 8.18. The van der Waals surface area contributed by atoms with E-state index in [1.54, 1.807) is 24.3 Å². The molecule has 0 bridgehead atoms. The fraction of sp³-hybridized carbons (Fsp3) is 0.526. The molecule has 0 aliphatic carbocycles. The van der Waals surface area contributed by atoms with E-state index in [9.17, 15) is 23.1 Å². The van der Waals surface area contributed by atoms with Gasteiger partial charge in [0, 0.05) is 25.6 Å². The zero-order valence-corrected chi connectivity index (χ0v) is 17.8. The second-order valence-electron chi connectivity index (χ2n) is 7.34. The van der Waals surface area contributed by atoms with Gasteiger partial charge in [0.25, 0.3) is 0 Å². The number of rotatable bonds is 9. The van der Waals surface area contributed by atoms with Gasteiger partial charge in [0.05, 0.1) is 4.90 Å². The summed E-state index contributed by atoms with van der Waals surface area (Å²) in [5.41, 5.74) is 11.4. The van der Waals surface area contributed by atoms with Crippen LogP contribution in [0.25, 0.3) is 0 Å². The lowest BCUT2D eigenvalue weighted by molar-refractivity contribution is -0.142. The van der Waals surface area contributed by atoms with Crippen LogP contribution in [-0.2, 0) is 19.6 Å². The number of hydrogen-bond acceptors (Lipinski definition) is 5. The standard InChI is InChI=1S/C19H29N5O5S/c1-13-4-6-15(7-5-13)30(28,29)24-11-8-14(9-12-24)17(25)23-16(18(26)27)3-2-10-22-19(20)21/h4-7,14,16H,2-3,8-12H2,1H3,(H,23,25)(H,26,27)(H4,20,21,22)/t16-/m1/s1. The summed E-state index contributed by atoms with van der Waals surface area (Å²) < 4.78 is 26.9. The first-order chi connectivity index (χ1) is 14.1. The van der Waals surface area contributed by atoms with Crippen LogP contribution in [0.4, 0.5) is 0 Å². The number of carbonyl (C=O) groups excluding carboxylic acids is 1. The van der Waals surface area contributed by atoms with Crippen LogP contribution in [0.2, 0.25) is 0 Å². The van der Waals surface area contributed by atoms with Crippen LogP contribution in [0.5, 0.6) is 0 Å². The fourth-order valence-corrected chi connectivity index (χ4v) is 4.74. The number of carboxylic acid groups (broad SMARTS) is 1. The van der Waals surface area contributed by atoms with Crippen LogP contribution in [0.15, 0.2) is 34.2 Å². The summed E-state index contributed by atoms with van der Waals surface area (Å²) in [6.07, 6.45) is 1.26. The van der Waals surface area contributed by atoms with E-state index in [0.29, 0.717) is 19.3 Å². The average molecular weight is 440 g/mol. The number of hydrogen-bond donors (Lipinski definition) is 4. The molecule has 10 nitrogen and oxygen atoms in total. The van der Waals surface area contributed by atoms with Crippen LogP contribution in [-0.4, -0.2) is 61.3 Å². The third-order valence-corrected chi connectivity index (χ3v) is 6.96. The predicted octanol–water partition coefficient (Wildman–Crippen LogP) is 0.0187. The molecule has 1 heterocycles. The Labute approximate surface area is 176 Å². The molecule has 1 aliphatic rings. The van der Waals surface area contributed by atoms with Crippen molar-refractivity contribution in [3.05, 3.63) is 29.8 Å². The quantitative estimate of drug-likeness (QED) is 0.239. The molecule has 2 rings (SSSR count). The van der Waals surface area contributed by atoms with E-state index in [2.05, 4.69) is 10.3 Å². The smallest absolute Gasteiger partial charge is 0.326 e. The summed E-state index contributed by atoms with van der Waals surface area (Å²) in [5.74, 6) is -2.02. The molecule has 1 atom stereocenters. The minimum Gasteiger partial charge on any atom is -0.480 e. The number of carboxylic acids is 1. The van der Waals surface area contributed by atoms with E-state index >= 15 is 0 Å². The Morgan fingerprint density at radius 2 is 1.83 bits per heavy atom. The molecule has 0 saturated carbocycles. The molecule has 1 aromatic carbocycles. The lowest BCUT2D eigenvalue weighted by atomic mass is 9.96. The monoisotopic (exact) mass is 439 g/mol. The Hall–Kier alpha value is -2.66. The Morgan fingerprint density at radius 1 is 1.23 bits per heavy atom. The van der Waals surface area contributed by atoms with Crippen molar-refractivity contribution in [3.8, 4) is 0 Å². The van der Waals surface area contributed by atoms with E-state index < -0.39 is 28.0 Å². The van der Waals surface area contributed by atoms with E-state index in [1.165, 1.54) is 4.31 Å². The summed E-state index contributed by atoms with van der Waals surface area (Å²) in [6.45, 7) is 2.57. The minimum absolute atomic E-state index is 0.0711. The molecule has 0 unspecified atom stereocenters. The molecule has 11 heteroatoms. The summed E-state index contributed by atoms with van der Waals surface area (Å²) in [4.78, 5) is 27.9. The third-order valence-electron chi connectivity index (χ3n) is 5.04. The van der Waals surface area contributed by atoms with Crippen LogP contribution < -0.4 is 16.8 Å². The number of nitrogens with zero attached hydrogens (tertiary/aromatic N) is 2. The normalized spacial score (nSPS) is 16.6. The number of guanidine groups is 1. The van der Waals surface area contributed by atoms with E-state index in [-0.39, 0.29) is 42.8 Å². The molecular weight excluding hydrogens is 410 g/mol. The number of aryl methyl sites for hydroxylation is 1. The summed E-state index contributed by atoms with van der Waals surface area (Å²) >= 11 is 0. The van der Waals surface area contributed by atoms with Crippen LogP contribution >= 0.6 is 0 Å². The highest BCUT2D eigenvalue weighted by Gasteiger charge is 2.33. The summed E-state index contributed by atoms with van der Waals surface area (Å²) in [6, 6.07) is 5.59. The molecule has 30 heavy (non-hydrogen) atoms. The minimum atomic E-state index is -3.61. The maximum absolute atomic E-state index is 12.8. The molecule has 1 fully saturated rings. The first-order valence-electron chi connectivity index (χ1n) is 9.76. The van der Waals surface area contributed by atoms with Crippen molar-refractivity contribution in [2.45, 2.75) is 43.5 Å². The maximum Gasteiger partial charge on any atom is 0.326 e. The van der Waals surface area contributed by atoms with E-state index in [0.717, 1.165) is 5.56 Å². The number of carbonyl (C=O) groups is 2. The van der Waals surface area contributed by atoms with Gasteiger partial charge in [-0.1, -0.05) is 17.7 Å². The van der Waals surface area contributed by atoms with Crippen LogP contribution in [0, 0.1) is 12.8 Å². The van der Waals surface area contributed by atoms with Gasteiger partial charge in [0.15, 0.2) is 5.96 Å². The first kappa shape index (κ1) is 23.6. The van der Waals surface area contributed by atoms with Crippen molar-refractivity contribution in [2.75, 3.05) is 19.6 Å². The lowest BCUT2D eigenvalue weighted by Crippen LogP contribution is -2.47. The number of benzene rings is 1. The van der Waals surface area contributed by atoms with Gasteiger partial charge in [0.2, 0.25) is 15.9 Å². The molecule has 1 aliphatic heterocycles. The van der Waals surface area contributed by atoms with E-state index in [4.69, 9.17) is 11.5 Å². The number of sulfonamides is 1. The molecule has 6 N–H and O–H groups in total. The first-order valence-corrected chi connectivity index (χ1v) is 11.2. The predicted molar refractivity (Wildman–Crippen MR) is 112 cm³/mol. The Bertz CT molecular complexity index is 873. The zero-order valence-electron chi connectivity index (χ0n) is 17.0. The SMILES string of the molecule is Cc1ccc(S(=O)(=O)N2CCC(C(=O)N[C@H](CCCN=C(N)N)C(=O)O)CC2)cc1. The largest absolute Gasteiger partial charge is 0.480 e. The van der Waals surface area contributed by atoms with Gasteiger partial charge in [-0.3, -0.25) is 9.79 Å². The lowest BCUT2D eigenvalue weighted by Gasteiger charge is -2.31.